The third kappa shape index (κ3) is 5.47. The van der Waals surface area contributed by atoms with Gasteiger partial charge in [-0.25, -0.2) is 0 Å². The normalized spacial score (nSPS) is 19.1. The molecule has 176 valence electrons. The van der Waals surface area contributed by atoms with Crippen LogP contribution in [-0.4, -0.2) is 58.9 Å². The van der Waals surface area contributed by atoms with E-state index < -0.39 is 6.10 Å². The molecule has 0 spiro atoms. The summed E-state index contributed by atoms with van der Waals surface area (Å²) in [5.74, 6) is 1.09. The molecule has 3 heterocycles. The van der Waals surface area contributed by atoms with Crippen LogP contribution in [0.25, 0.3) is 11.4 Å². The fourth-order valence-corrected chi connectivity index (χ4v) is 4.04. The molecule has 1 unspecified atom stereocenters. The van der Waals surface area contributed by atoms with Crippen molar-refractivity contribution in [2.24, 2.45) is 5.41 Å². The van der Waals surface area contributed by atoms with E-state index in [2.05, 4.69) is 36.2 Å². The van der Waals surface area contributed by atoms with Gasteiger partial charge in [0.05, 0.1) is 12.3 Å². The molecule has 2 aliphatic heterocycles. The van der Waals surface area contributed by atoms with Crippen LogP contribution < -0.4 is 5.32 Å². The van der Waals surface area contributed by atoms with E-state index in [0.717, 1.165) is 12.8 Å². The molecule has 4 rings (SSSR count). The van der Waals surface area contributed by atoms with Crippen molar-refractivity contribution in [1.82, 2.24) is 15.0 Å². The van der Waals surface area contributed by atoms with Gasteiger partial charge < -0.3 is 24.9 Å². The summed E-state index contributed by atoms with van der Waals surface area (Å²) in [6.07, 6.45) is 3.56. The van der Waals surface area contributed by atoms with Gasteiger partial charge in [0, 0.05) is 49.2 Å². The molecule has 2 saturated heterocycles. The predicted molar refractivity (Wildman–Crippen MR) is 123 cm³/mol. The molecule has 9 nitrogen and oxygen atoms in total. The van der Waals surface area contributed by atoms with Crippen LogP contribution in [0, 0.1) is 10.8 Å². The Balaban J connectivity index is 1.42. The van der Waals surface area contributed by atoms with E-state index in [1.54, 1.807) is 18.2 Å². The zero-order chi connectivity index (χ0) is 23.6. The fourth-order valence-electron chi connectivity index (χ4n) is 4.04. The first-order valence-electron chi connectivity index (χ1n) is 11.4. The summed E-state index contributed by atoms with van der Waals surface area (Å²) in [6.45, 7) is 8.18. The van der Waals surface area contributed by atoms with Gasteiger partial charge in [0.15, 0.2) is 0 Å². The number of rotatable bonds is 6. The van der Waals surface area contributed by atoms with Crippen molar-refractivity contribution in [2.75, 3.05) is 25.0 Å². The predicted octanol–water partition coefficient (Wildman–Crippen LogP) is 3.60. The zero-order valence-corrected chi connectivity index (χ0v) is 19.4. The number of carbonyl (C=O) groups excluding carboxylic acids is 2. The van der Waals surface area contributed by atoms with Gasteiger partial charge in [0.1, 0.15) is 6.10 Å². The summed E-state index contributed by atoms with van der Waals surface area (Å²) in [6, 6.07) is 5.30. The van der Waals surface area contributed by atoms with Crippen molar-refractivity contribution in [2.45, 2.75) is 58.5 Å². The van der Waals surface area contributed by atoms with E-state index in [4.69, 9.17) is 14.7 Å². The van der Waals surface area contributed by atoms with E-state index >= 15 is 0 Å². The molecular weight excluding hydrogens is 422 g/mol. The Bertz CT molecular complexity index is 1030. The van der Waals surface area contributed by atoms with Crippen LogP contribution in [0.3, 0.4) is 0 Å². The highest BCUT2D eigenvalue weighted by atomic mass is 16.5. The van der Waals surface area contributed by atoms with E-state index in [-0.39, 0.29) is 23.1 Å². The second-order valence-corrected chi connectivity index (χ2v) is 9.93. The number of carbonyl (C=O) groups is 2. The highest BCUT2D eigenvalue weighted by molar-refractivity contribution is 6.00. The minimum atomic E-state index is -0.440. The molecule has 2 aromatic rings. The SMILES string of the molecule is CC(C)(C)CC(=O)N1CCC(c2nc(-c3ccc(C=N)c(NC(=O)C4CCO4)c3)no2)CC1. The smallest absolute Gasteiger partial charge is 0.253 e. The highest BCUT2D eigenvalue weighted by Gasteiger charge is 2.30. The molecule has 0 bridgehead atoms. The van der Waals surface area contributed by atoms with Gasteiger partial charge in [-0.15, -0.1) is 0 Å². The standard InChI is InChI=1S/C24H31N5O4/c1-24(2,3)13-20(30)29-9-6-15(7-10-29)23-27-21(28-33-23)16-4-5-17(14-25)18(12-16)26-22(31)19-8-11-32-19/h4-5,12,14-15,19,25H,6-11,13H2,1-3H3,(H,26,31). The lowest BCUT2D eigenvalue weighted by molar-refractivity contribution is -0.139. The summed E-state index contributed by atoms with van der Waals surface area (Å²) in [5, 5.41) is 14.6. The van der Waals surface area contributed by atoms with Crippen LogP contribution in [0.15, 0.2) is 22.7 Å². The lowest BCUT2D eigenvalue weighted by Gasteiger charge is -2.32. The van der Waals surface area contributed by atoms with Gasteiger partial charge in [-0.3, -0.25) is 9.59 Å². The second kappa shape index (κ2) is 9.43. The quantitative estimate of drug-likeness (QED) is 0.645. The highest BCUT2D eigenvalue weighted by Crippen LogP contribution is 2.31. The molecule has 0 radical (unpaired) electrons. The summed E-state index contributed by atoms with van der Waals surface area (Å²) < 4.78 is 10.8. The monoisotopic (exact) mass is 453 g/mol. The van der Waals surface area contributed by atoms with Gasteiger partial charge in [-0.1, -0.05) is 38.1 Å². The molecule has 1 aromatic carbocycles. The van der Waals surface area contributed by atoms with Gasteiger partial charge in [0.25, 0.3) is 5.91 Å². The second-order valence-electron chi connectivity index (χ2n) is 9.93. The number of amides is 2. The number of nitrogens with zero attached hydrogens (tertiary/aromatic N) is 3. The number of likely N-dealkylation sites (tertiary alicyclic amines) is 1. The Morgan fingerprint density at radius 3 is 2.58 bits per heavy atom. The van der Waals surface area contributed by atoms with Crippen LogP contribution in [0.5, 0.6) is 0 Å². The number of anilines is 1. The number of ether oxygens (including phenoxy) is 1. The molecule has 33 heavy (non-hydrogen) atoms. The van der Waals surface area contributed by atoms with Crippen molar-refractivity contribution < 1.29 is 18.8 Å². The van der Waals surface area contributed by atoms with Gasteiger partial charge in [-0.05, 0) is 24.3 Å². The molecule has 9 heteroatoms. The van der Waals surface area contributed by atoms with E-state index in [9.17, 15) is 9.59 Å². The minimum Gasteiger partial charge on any atom is -0.368 e. The number of nitrogens with one attached hydrogen (secondary N) is 2. The summed E-state index contributed by atoms with van der Waals surface area (Å²) in [4.78, 5) is 31.3. The first kappa shape index (κ1) is 23.1. The molecule has 1 aromatic heterocycles. The Hall–Kier alpha value is -3.07. The fraction of sp³-hybridized carbons (Fsp3) is 0.542. The molecule has 2 N–H and O–H groups in total. The number of aromatic nitrogens is 2. The van der Waals surface area contributed by atoms with Crippen molar-refractivity contribution >= 4 is 23.7 Å². The number of piperidine rings is 1. The molecule has 1 atom stereocenters. The molecule has 2 fully saturated rings. The van der Waals surface area contributed by atoms with E-state index in [1.165, 1.54) is 6.21 Å². The first-order chi connectivity index (χ1) is 15.7. The van der Waals surface area contributed by atoms with Crippen molar-refractivity contribution in [3.63, 3.8) is 0 Å². The maximum Gasteiger partial charge on any atom is 0.253 e. The molecule has 0 saturated carbocycles. The maximum absolute atomic E-state index is 12.5. The van der Waals surface area contributed by atoms with Crippen molar-refractivity contribution in [1.29, 1.82) is 5.41 Å². The van der Waals surface area contributed by atoms with Crippen LogP contribution in [0.2, 0.25) is 0 Å². The van der Waals surface area contributed by atoms with E-state index in [0.29, 0.717) is 61.1 Å². The van der Waals surface area contributed by atoms with Gasteiger partial charge in [0.2, 0.25) is 17.6 Å². The summed E-state index contributed by atoms with van der Waals surface area (Å²) in [7, 11) is 0. The third-order valence-electron chi connectivity index (χ3n) is 6.04. The van der Waals surface area contributed by atoms with Crippen LogP contribution in [-0.2, 0) is 14.3 Å². The molecule has 2 aliphatic rings. The zero-order valence-electron chi connectivity index (χ0n) is 19.4. The Morgan fingerprint density at radius 2 is 1.97 bits per heavy atom. The van der Waals surface area contributed by atoms with Crippen LogP contribution >= 0.6 is 0 Å². The topological polar surface area (TPSA) is 121 Å². The average molecular weight is 454 g/mol. The Labute approximate surface area is 193 Å². The number of hydrogen-bond acceptors (Lipinski definition) is 7. The lowest BCUT2D eigenvalue weighted by atomic mass is 9.90. The Morgan fingerprint density at radius 1 is 1.24 bits per heavy atom. The van der Waals surface area contributed by atoms with Crippen LogP contribution in [0.4, 0.5) is 5.69 Å². The lowest BCUT2D eigenvalue weighted by Crippen LogP contribution is -2.39. The molecular formula is C24H31N5O4. The number of benzene rings is 1. The van der Waals surface area contributed by atoms with E-state index in [1.807, 2.05) is 4.90 Å². The number of hydrogen-bond donors (Lipinski definition) is 2. The summed E-state index contributed by atoms with van der Waals surface area (Å²) >= 11 is 0. The first-order valence-corrected chi connectivity index (χ1v) is 11.4. The van der Waals surface area contributed by atoms with Crippen molar-refractivity contribution in [3.05, 3.63) is 29.7 Å². The van der Waals surface area contributed by atoms with Gasteiger partial charge >= 0.3 is 0 Å². The third-order valence-corrected chi connectivity index (χ3v) is 6.04. The summed E-state index contributed by atoms with van der Waals surface area (Å²) in [5.41, 5.74) is 1.77. The molecule has 2 amide bonds. The van der Waals surface area contributed by atoms with Crippen LogP contribution in [0.1, 0.15) is 63.8 Å². The maximum atomic E-state index is 12.5. The van der Waals surface area contributed by atoms with Crippen molar-refractivity contribution in [3.8, 4) is 11.4 Å². The largest absolute Gasteiger partial charge is 0.368 e. The Kier molecular flexibility index (Phi) is 6.60. The van der Waals surface area contributed by atoms with Gasteiger partial charge in [-0.2, -0.15) is 4.98 Å². The minimum absolute atomic E-state index is 0.0220. The average Bonchev–Trinajstić information content (AvgIpc) is 3.21. The molecule has 0 aliphatic carbocycles.